The van der Waals surface area contributed by atoms with E-state index in [-0.39, 0.29) is 29.9 Å². The molecule has 33 heavy (non-hydrogen) atoms. The average molecular weight is 494 g/mol. The molecule has 0 amide bonds. The molecular weight excluding hydrogens is 463 g/mol. The highest BCUT2D eigenvalue weighted by Gasteiger charge is 2.29. The SMILES string of the molecule is COC(C)Cn1c(=O)c2c(C)c(CNCC(=O)OC(C)(C)C)sc2n(CCC(F)(F)F)c1=O. The number of carbonyl (C=O) groups is 1. The minimum atomic E-state index is -4.46. The van der Waals surface area contributed by atoms with Crippen LogP contribution in [0.2, 0.25) is 0 Å². The van der Waals surface area contributed by atoms with E-state index in [0.29, 0.717) is 10.4 Å². The number of hydrogen-bond donors (Lipinski definition) is 1. The third-order valence-electron chi connectivity index (χ3n) is 4.83. The van der Waals surface area contributed by atoms with Crippen molar-refractivity contribution in [1.82, 2.24) is 14.5 Å². The monoisotopic (exact) mass is 493 g/mol. The van der Waals surface area contributed by atoms with Crippen LogP contribution in [0.25, 0.3) is 10.2 Å². The van der Waals surface area contributed by atoms with Gasteiger partial charge in [-0.15, -0.1) is 11.3 Å². The maximum Gasteiger partial charge on any atom is 0.390 e. The number of nitrogens with one attached hydrogen (secondary N) is 1. The summed E-state index contributed by atoms with van der Waals surface area (Å²) in [6.07, 6.45) is -6.15. The molecule has 0 aliphatic heterocycles. The van der Waals surface area contributed by atoms with Gasteiger partial charge in [0.05, 0.1) is 31.0 Å². The summed E-state index contributed by atoms with van der Waals surface area (Å²) in [5, 5.41) is 3.12. The van der Waals surface area contributed by atoms with Crippen LogP contribution in [0.4, 0.5) is 13.2 Å². The number of nitrogens with zero attached hydrogens (tertiary/aromatic N) is 2. The number of aromatic nitrogens is 2. The molecule has 0 saturated heterocycles. The fourth-order valence-corrected chi connectivity index (χ4v) is 4.48. The quantitative estimate of drug-likeness (QED) is 0.540. The molecule has 0 radical (unpaired) electrons. The van der Waals surface area contributed by atoms with Crippen LogP contribution in [0.1, 0.15) is 44.6 Å². The molecule has 1 N–H and O–H groups in total. The topological polar surface area (TPSA) is 91.6 Å². The third kappa shape index (κ3) is 7.15. The molecule has 2 aromatic rings. The first-order valence-corrected chi connectivity index (χ1v) is 11.2. The fourth-order valence-electron chi connectivity index (χ4n) is 3.19. The molecular formula is C21H30F3N3O5S. The van der Waals surface area contributed by atoms with Crippen molar-refractivity contribution in [2.24, 2.45) is 0 Å². The van der Waals surface area contributed by atoms with Crippen LogP contribution in [0.15, 0.2) is 9.59 Å². The van der Waals surface area contributed by atoms with Gasteiger partial charge in [-0.25, -0.2) is 4.79 Å². The minimum absolute atomic E-state index is 0.0819. The highest BCUT2D eigenvalue weighted by molar-refractivity contribution is 7.18. The number of esters is 1. The van der Waals surface area contributed by atoms with E-state index in [1.807, 2.05) is 0 Å². The number of aryl methyl sites for hydroxylation is 2. The second-order valence-corrected chi connectivity index (χ2v) is 9.87. The zero-order valence-electron chi connectivity index (χ0n) is 19.6. The standard InChI is InChI=1S/C21H30F3N3O5S/c1-12(31-6)11-27-17(29)16-13(2)14(9-25-10-15(28)32-20(3,4)5)33-18(16)26(19(27)30)8-7-21(22,23)24/h12,25H,7-11H2,1-6H3. The number of rotatable bonds is 9. The Morgan fingerprint density at radius 2 is 1.82 bits per heavy atom. The van der Waals surface area contributed by atoms with Gasteiger partial charge in [-0.2, -0.15) is 13.2 Å². The molecule has 0 spiro atoms. The van der Waals surface area contributed by atoms with Gasteiger partial charge in [0.2, 0.25) is 0 Å². The molecule has 0 fully saturated rings. The van der Waals surface area contributed by atoms with Crippen molar-refractivity contribution in [3.63, 3.8) is 0 Å². The fraction of sp³-hybridized carbons (Fsp3) is 0.667. The molecule has 2 aromatic heterocycles. The second-order valence-electron chi connectivity index (χ2n) is 8.78. The number of fused-ring (bicyclic) bond motifs is 1. The molecule has 186 valence electrons. The number of alkyl halides is 3. The molecule has 2 heterocycles. The van der Waals surface area contributed by atoms with Crippen LogP contribution < -0.4 is 16.6 Å². The summed E-state index contributed by atoms with van der Waals surface area (Å²) in [5.41, 5.74) is -1.47. The van der Waals surface area contributed by atoms with Gasteiger partial charge < -0.3 is 14.8 Å². The summed E-state index contributed by atoms with van der Waals surface area (Å²) in [5.74, 6) is -0.459. The van der Waals surface area contributed by atoms with E-state index in [0.717, 1.165) is 20.5 Å². The van der Waals surface area contributed by atoms with Crippen LogP contribution in [-0.2, 0) is 33.9 Å². The number of halogens is 3. The molecule has 8 nitrogen and oxygen atoms in total. The lowest BCUT2D eigenvalue weighted by atomic mass is 10.2. The number of hydrogen-bond acceptors (Lipinski definition) is 7. The van der Waals surface area contributed by atoms with E-state index in [1.165, 1.54) is 7.11 Å². The molecule has 0 aliphatic carbocycles. The molecule has 0 bridgehead atoms. The average Bonchev–Trinajstić information content (AvgIpc) is 2.99. The van der Waals surface area contributed by atoms with Crippen LogP contribution >= 0.6 is 11.3 Å². The lowest BCUT2D eigenvalue weighted by Gasteiger charge is -2.19. The Balaban J connectivity index is 2.46. The van der Waals surface area contributed by atoms with Crippen molar-refractivity contribution < 1.29 is 27.4 Å². The van der Waals surface area contributed by atoms with E-state index in [1.54, 1.807) is 34.6 Å². The second kappa shape index (κ2) is 10.4. The van der Waals surface area contributed by atoms with Gasteiger partial charge in [0.25, 0.3) is 5.56 Å². The van der Waals surface area contributed by atoms with Crippen LogP contribution in [0.3, 0.4) is 0 Å². The van der Waals surface area contributed by atoms with Crippen molar-refractivity contribution in [1.29, 1.82) is 0 Å². The van der Waals surface area contributed by atoms with Crippen molar-refractivity contribution in [2.45, 2.75) is 78.6 Å². The summed E-state index contributed by atoms with van der Waals surface area (Å²) in [7, 11) is 1.42. The number of ether oxygens (including phenoxy) is 2. The molecule has 2 rings (SSSR count). The predicted octanol–water partition coefficient (Wildman–Crippen LogP) is 2.95. The first-order chi connectivity index (χ1) is 15.1. The van der Waals surface area contributed by atoms with Crippen LogP contribution in [-0.4, -0.2) is 46.6 Å². The molecule has 0 aromatic carbocycles. The predicted molar refractivity (Wildman–Crippen MR) is 120 cm³/mol. The largest absolute Gasteiger partial charge is 0.459 e. The summed E-state index contributed by atoms with van der Waals surface area (Å²) in [6.45, 7) is 7.98. The number of carbonyl (C=O) groups excluding carboxylic acids is 1. The van der Waals surface area contributed by atoms with Crippen molar-refractivity contribution in [3.8, 4) is 0 Å². The maximum atomic E-state index is 13.1. The lowest BCUT2D eigenvalue weighted by molar-refractivity contribution is -0.153. The Morgan fingerprint density at radius 1 is 1.18 bits per heavy atom. The first-order valence-electron chi connectivity index (χ1n) is 10.4. The van der Waals surface area contributed by atoms with Gasteiger partial charge in [-0.1, -0.05) is 0 Å². The van der Waals surface area contributed by atoms with E-state index < -0.39 is 48.1 Å². The van der Waals surface area contributed by atoms with Crippen molar-refractivity contribution >= 4 is 27.5 Å². The summed E-state index contributed by atoms with van der Waals surface area (Å²) in [6, 6.07) is 0. The highest BCUT2D eigenvalue weighted by Crippen LogP contribution is 2.29. The molecule has 1 atom stereocenters. The molecule has 1 unspecified atom stereocenters. The normalized spacial score (nSPS) is 13.5. The van der Waals surface area contributed by atoms with Gasteiger partial charge in [0.15, 0.2) is 0 Å². The number of methoxy groups -OCH3 is 1. The van der Waals surface area contributed by atoms with Crippen LogP contribution in [0.5, 0.6) is 0 Å². The summed E-state index contributed by atoms with van der Waals surface area (Å²) < 4.78 is 51.0. The molecule has 12 heteroatoms. The first kappa shape index (κ1) is 27.1. The molecule has 0 saturated carbocycles. The van der Waals surface area contributed by atoms with Gasteiger partial charge in [-0.05, 0) is 40.2 Å². The van der Waals surface area contributed by atoms with Gasteiger partial charge in [-0.3, -0.25) is 18.7 Å². The third-order valence-corrected chi connectivity index (χ3v) is 6.14. The Kier molecular flexibility index (Phi) is 8.52. The van der Waals surface area contributed by atoms with E-state index in [9.17, 15) is 27.6 Å². The summed E-state index contributed by atoms with van der Waals surface area (Å²) in [4.78, 5) is 38.8. The Bertz CT molecular complexity index is 1110. The van der Waals surface area contributed by atoms with E-state index in [4.69, 9.17) is 9.47 Å². The van der Waals surface area contributed by atoms with Crippen molar-refractivity contribution in [3.05, 3.63) is 31.3 Å². The molecule has 0 aliphatic rings. The van der Waals surface area contributed by atoms with E-state index >= 15 is 0 Å². The van der Waals surface area contributed by atoms with Gasteiger partial charge >= 0.3 is 17.8 Å². The summed E-state index contributed by atoms with van der Waals surface area (Å²) >= 11 is 1.06. The Labute approximate surface area is 193 Å². The van der Waals surface area contributed by atoms with Crippen molar-refractivity contribution in [2.75, 3.05) is 13.7 Å². The maximum absolute atomic E-state index is 13.1. The smallest absolute Gasteiger partial charge is 0.390 e. The zero-order chi connectivity index (χ0) is 25.1. The van der Waals surface area contributed by atoms with Crippen LogP contribution in [0, 0.1) is 6.92 Å². The lowest BCUT2D eigenvalue weighted by Crippen LogP contribution is -2.42. The minimum Gasteiger partial charge on any atom is -0.459 e. The number of thiophene rings is 1. The Hall–Kier alpha value is -2.18. The zero-order valence-corrected chi connectivity index (χ0v) is 20.4. The van der Waals surface area contributed by atoms with Gasteiger partial charge in [0.1, 0.15) is 10.4 Å². The highest BCUT2D eigenvalue weighted by atomic mass is 32.1. The van der Waals surface area contributed by atoms with E-state index in [2.05, 4.69) is 5.32 Å². The Morgan fingerprint density at radius 3 is 2.36 bits per heavy atom. The van der Waals surface area contributed by atoms with Gasteiger partial charge in [0, 0.05) is 25.1 Å².